The summed E-state index contributed by atoms with van der Waals surface area (Å²) >= 11 is 0. The Hall–Kier alpha value is -1.41. The molecule has 78 valence electrons. The molecule has 1 aliphatic rings. The third kappa shape index (κ3) is 1.73. The van der Waals surface area contributed by atoms with Crippen molar-refractivity contribution in [2.75, 3.05) is 0 Å². The molecule has 0 aliphatic carbocycles. The topological polar surface area (TPSA) is 31.2 Å². The van der Waals surface area contributed by atoms with Crippen molar-refractivity contribution in [2.24, 2.45) is 0 Å². The van der Waals surface area contributed by atoms with Crippen molar-refractivity contribution in [3.8, 4) is 0 Å². The molecule has 0 saturated carbocycles. The summed E-state index contributed by atoms with van der Waals surface area (Å²) < 4.78 is 19.4. The molecule has 0 bridgehead atoms. The highest BCUT2D eigenvalue weighted by atomic mass is 31.0. The van der Waals surface area contributed by atoms with Gasteiger partial charge in [0.05, 0.1) is 9.47 Å². The third-order valence-corrected chi connectivity index (χ3v) is 2.35. The lowest BCUT2D eigenvalue weighted by molar-refractivity contribution is 0.0753. The first-order chi connectivity index (χ1) is 7.24. The molecule has 3 nitrogen and oxygen atoms in total. The summed E-state index contributed by atoms with van der Waals surface area (Å²) in [6.07, 6.45) is 7.92. The highest BCUT2D eigenvalue weighted by Crippen LogP contribution is 2.20. The van der Waals surface area contributed by atoms with Gasteiger partial charge in [0.1, 0.15) is 0 Å². The van der Waals surface area contributed by atoms with E-state index in [0.717, 1.165) is 6.42 Å². The number of hydrogen-bond acceptors (Lipinski definition) is 2. The van der Waals surface area contributed by atoms with E-state index in [2.05, 4.69) is 4.52 Å². The molecule has 1 aromatic heterocycles. The first-order valence-electron chi connectivity index (χ1n) is 4.39. The van der Waals surface area contributed by atoms with Crippen molar-refractivity contribution in [1.29, 1.82) is 0 Å². The Bertz CT molecular complexity index is 462. The van der Waals surface area contributed by atoms with Crippen molar-refractivity contribution in [1.82, 2.24) is 4.57 Å². The van der Waals surface area contributed by atoms with Crippen LogP contribution in [0.25, 0.3) is 12.3 Å². The second-order valence-electron chi connectivity index (χ2n) is 3.06. The maximum absolute atomic E-state index is 13.4. The van der Waals surface area contributed by atoms with Crippen molar-refractivity contribution < 1.29 is 13.7 Å². The second kappa shape index (κ2) is 3.99. The minimum absolute atomic E-state index is 0.0807. The summed E-state index contributed by atoms with van der Waals surface area (Å²) in [6, 6.07) is 1.31. The average Bonchev–Trinajstić information content (AvgIpc) is 2.40. The fraction of sp³-hybridized carbons (Fsp3) is 0.100. The van der Waals surface area contributed by atoms with Crippen LogP contribution in [0.4, 0.5) is 4.39 Å². The van der Waals surface area contributed by atoms with Gasteiger partial charge in [-0.1, -0.05) is 12.2 Å². The Morgan fingerprint density at radius 2 is 2.33 bits per heavy atom. The Balaban J connectivity index is 2.60. The molecule has 0 fully saturated rings. The lowest BCUT2D eigenvalue weighted by atomic mass is 10.3. The fourth-order valence-electron chi connectivity index (χ4n) is 1.49. The number of rotatable bonds is 1. The van der Waals surface area contributed by atoms with E-state index < -0.39 is 11.8 Å². The van der Waals surface area contributed by atoms with E-state index >= 15 is 0 Å². The molecule has 15 heavy (non-hydrogen) atoms. The van der Waals surface area contributed by atoms with Crippen LogP contribution in [-0.2, 0) is 4.52 Å². The summed E-state index contributed by atoms with van der Waals surface area (Å²) in [5.41, 5.74) is 0.550. The SMILES string of the molecule is O=C(OP)c1c(F)cc2n1C=CCC=C2. The van der Waals surface area contributed by atoms with Crippen LogP contribution in [0.1, 0.15) is 22.6 Å². The van der Waals surface area contributed by atoms with Gasteiger partial charge in [-0.25, -0.2) is 9.18 Å². The minimum Gasteiger partial charge on any atom is -0.447 e. The Morgan fingerprint density at radius 3 is 3.07 bits per heavy atom. The molecule has 1 unspecified atom stereocenters. The normalized spacial score (nSPS) is 13.5. The zero-order valence-electron chi connectivity index (χ0n) is 7.81. The van der Waals surface area contributed by atoms with Gasteiger partial charge in [0.2, 0.25) is 0 Å². The summed E-state index contributed by atoms with van der Waals surface area (Å²) in [6.45, 7) is 0. The smallest absolute Gasteiger partial charge is 0.360 e. The van der Waals surface area contributed by atoms with Gasteiger partial charge in [-0.15, -0.1) is 0 Å². The van der Waals surface area contributed by atoms with Crippen LogP contribution in [0.2, 0.25) is 0 Å². The van der Waals surface area contributed by atoms with Crippen LogP contribution >= 0.6 is 9.47 Å². The van der Waals surface area contributed by atoms with Gasteiger partial charge in [0.25, 0.3) is 0 Å². The molecule has 2 rings (SSSR count). The summed E-state index contributed by atoms with van der Waals surface area (Å²) in [4.78, 5) is 11.3. The van der Waals surface area contributed by atoms with E-state index in [1.807, 2.05) is 21.6 Å². The molecule has 0 amide bonds. The van der Waals surface area contributed by atoms with Crippen LogP contribution in [0.15, 0.2) is 18.2 Å². The number of halogens is 1. The van der Waals surface area contributed by atoms with E-state index in [1.54, 1.807) is 12.3 Å². The molecule has 0 saturated heterocycles. The number of nitrogens with zero attached hydrogens (tertiary/aromatic N) is 1. The monoisotopic (exact) mass is 225 g/mol. The van der Waals surface area contributed by atoms with Crippen molar-refractivity contribution >= 4 is 27.7 Å². The largest absolute Gasteiger partial charge is 0.447 e. The van der Waals surface area contributed by atoms with Crippen molar-refractivity contribution in [2.45, 2.75) is 6.42 Å². The molecule has 0 aromatic carbocycles. The van der Waals surface area contributed by atoms with Gasteiger partial charge in [-0.2, -0.15) is 0 Å². The molecule has 0 N–H and O–H groups in total. The summed E-state index contributed by atoms with van der Waals surface area (Å²) in [5.74, 6) is -1.28. The molecule has 0 radical (unpaired) electrons. The predicted molar refractivity (Wildman–Crippen MR) is 58.5 cm³/mol. The van der Waals surface area contributed by atoms with Crippen LogP contribution in [0, 0.1) is 5.82 Å². The molecular weight excluding hydrogens is 216 g/mol. The molecule has 5 heteroatoms. The molecule has 0 spiro atoms. The molecule has 1 aromatic rings. The average molecular weight is 225 g/mol. The predicted octanol–water partition coefficient (Wildman–Crippen LogP) is 2.46. The number of allylic oxidation sites excluding steroid dienone is 2. The van der Waals surface area contributed by atoms with E-state index in [1.165, 1.54) is 10.6 Å². The molecule has 1 atom stereocenters. The van der Waals surface area contributed by atoms with Crippen LogP contribution in [0.3, 0.4) is 0 Å². The first-order valence-corrected chi connectivity index (χ1v) is 4.86. The highest BCUT2D eigenvalue weighted by Gasteiger charge is 2.20. The van der Waals surface area contributed by atoms with Crippen LogP contribution in [0.5, 0.6) is 0 Å². The number of fused-ring (bicyclic) bond motifs is 1. The van der Waals surface area contributed by atoms with E-state index in [9.17, 15) is 9.18 Å². The Labute approximate surface area is 88.5 Å². The molecule has 1 aliphatic heterocycles. The standard InChI is InChI=1S/C10H9FNO2P/c11-8-6-7-4-2-1-3-5-12(7)9(8)10(13)14-15/h2-6H,1,15H2. The Kier molecular flexibility index (Phi) is 2.69. The van der Waals surface area contributed by atoms with Gasteiger partial charge in [0, 0.05) is 18.0 Å². The zero-order valence-corrected chi connectivity index (χ0v) is 8.97. The quantitative estimate of drug-likeness (QED) is 0.687. The minimum atomic E-state index is -0.705. The highest BCUT2D eigenvalue weighted by molar-refractivity contribution is 7.10. The van der Waals surface area contributed by atoms with Crippen molar-refractivity contribution in [3.63, 3.8) is 0 Å². The summed E-state index contributed by atoms with van der Waals surface area (Å²) in [5, 5.41) is 0. The van der Waals surface area contributed by atoms with E-state index in [0.29, 0.717) is 5.69 Å². The fourth-order valence-corrected chi connectivity index (χ4v) is 1.60. The number of carbonyl (C=O) groups excluding carboxylic acids is 1. The third-order valence-electron chi connectivity index (χ3n) is 2.14. The molecular formula is C10H9FNO2P. The Morgan fingerprint density at radius 1 is 1.53 bits per heavy atom. The van der Waals surface area contributed by atoms with Gasteiger partial charge < -0.3 is 9.09 Å². The lowest BCUT2D eigenvalue weighted by Gasteiger charge is -2.03. The van der Waals surface area contributed by atoms with Gasteiger partial charge in [-0.3, -0.25) is 0 Å². The second-order valence-corrected chi connectivity index (χ2v) is 3.30. The summed E-state index contributed by atoms with van der Waals surface area (Å²) in [7, 11) is 1.82. The van der Waals surface area contributed by atoms with Gasteiger partial charge in [0.15, 0.2) is 11.5 Å². The molecule has 2 heterocycles. The van der Waals surface area contributed by atoms with Crippen molar-refractivity contribution in [3.05, 3.63) is 35.4 Å². The number of aromatic nitrogens is 1. The van der Waals surface area contributed by atoms with Crippen LogP contribution in [-0.4, -0.2) is 10.5 Å². The maximum Gasteiger partial charge on any atom is 0.360 e. The van der Waals surface area contributed by atoms with E-state index in [4.69, 9.17) is 0 Å². The lowest BCUT2D eigenvalue weighted by Crippen LogP contribution is -2.07. The van der Waals surface area contributed by atoms with E-state index in [-0.39, 0.29) is 5.69 Å². The number of hydrogen-bond donors (Lipinski definition) is 0. The zero-order chi connectivity index (χ0) is 10.8. The van der Waals surface area contributed by atoms with Gasteiger partial charge >= 0.3 is 5.97 Å². The first kappa shape index (κ1) is 10.1. The van der Waals surface area contributed by atoms with Crippen LogP contribution < -0.4 is 0 Å². The van der Waals surface area contributed by atoms with Gasteiger partial charge in [-0.05, 0) is 12.5 Å². The maximum atomic E-state index is 13.4. The number of carbonyl (C=O) groups is 1.